The van der Waals surface area contributed by atoms with Gasteiger partial charge in [0, 0.05) is 4.47 Å². The molecule has 0 atom stereocenters. The van der Waals surface area contributed by atoms with E-state index in [4.69, 9.17) is 23.2 Å². The van der Waals surface area contributed by atoms with Gasteiger partial charge in [-0.05, 0) is 36.2 Å². The number of anilines is 1. The molecule has 2 aromatic rings. The zero-order valence-corrected chi connectivity index (χ0v) is 15.0. The molecule has 0 amide bonds. The molecule has 0 unspecified atom stereocenters. The van der Waals surface area contributed by atoms with E-state index >= 15 is 0 Å². The number of hydrogen-bond acceptors (Lipinski definition) is 3. The Hall–Kier alpha value is -0.270. The summed E-state index contributed by atoms with van der Waals surface area (Å²) in [7, 11) is -3.74. The summed E-state index contributed by atoms with van der Waals surface area (Å²) in [6, 6.07) is 6.71. The number of aryl methyl sites for hydroxylation is 1. The van der Waals surface area contributed by atoms with Crippen LogP contribution in [0.2, 0.25) is 8.67 Å². The van der Waals surface area contributed by atoms with Crippen LogP contribution in [0, 0.1) is 0 Å². The molecule has 0 radical (unpaired) electrons. The third-order valence-corrected chi connectivity index (χ3v) is 6.22. The number of rotatable bonds is 4. The van der Waals surface area contributed by atoms with E-state index in [-0.39, 0.29) is 9.23 Å². The van der Waals surface area contributed by atoms with Gasteiger partial charge in [-0.25, -0.2) is 8.42 Å². The van der Waals surface area contributed by atoms with Crippen molar-refractivity contribution in [2.75, 3.05) is 4.72 Å². The summed E-state index contributed by atoms with van der Waals surface area (Å²) in [6.07, 6.45) is 0.704. The van der Waals surface area contributed by atoms with E-state index < -0.39 is 10.0 Å². The summed E-state index contributed by atoms with van der Waals surface area (Å²) < 4.78 is 28.6. The molecule has 2 rings (SSSR count). The normalized spacial score (nSPS) is 11.6. The van der Waals surface area contributed by atoms with Gasteiger partial charge in [0.1, 0.15) is 9.23 Å². The molecule has 0 aliphatic heterocycles. The van der Waals surface area contributed by atoms with E-state index in [1.807, 2.05) is 13.0 Å². The van der Waals surface area contributed by atoms with Crippen molar-refractivity contribution in [1.82, 2.24) is 0 Å². The van der Waals surface area contributed by atoms with E-state index in [1.54, 1.807) is 12.1 Å². The molecule has 1 aromatic carbocycles. The first-order valence-corrected chi connectivity index (χ1v) is 9.44. The molecular formula is C12H10BrCl2NO2S2. The van der Waals surface area contributed by atoms with Crippen molar-refractivity contribution in [3.8, 4) is 0 Å². The van der Waals surface area contributed by atoms with Gasteiger partial charge in [0.2, 0.25) is 0 Å². The maximum atomic E-state index is 12.3. The third-order valence-electron chi connectivity index (χ3n) is 2.61. The number of benzene rings is 1. The summed E-state index contributed by atoms with van der Waals surface area (Å²) in [5.74, 6) is 0. The lowest BCUT2D eigenvalue weighted by Crippen LogP contribution is -2.13. The van der Waals surface area contributed by atoms with Crippen molar-refractivity contribution in [2.45, 2.75) is 18.2 Å². The van der Waals surface area contributed by atoms with Crippen molar-refractivity contribution >= 4 is 66.2 Å². The molecule has 0 saturated heterocycles. The molecular weight excluding hydrogens is 405 g/mol. The van der Waals surface area contributed by atoms with E-state index in [1.165, 1.54) is 6.07 Å². The van der Waals surface area contributed by atoms with E-state index in [9.17, 15) is 8.42 Å². The van der Waals surface area contributed by atoms with E-state index in [0.717, 1.165) is 21.4 Å². The standard InChI is InChI=1S/C12H10BrCl2NO2S2/c1-2-7-5-8(13)3-4-9(7)16-20(17,18)10-6-11(14)19-12(10)15/h3-6,16H,2H2,1H3. The molecule has 1 heterocycles. The second kappa shape index (κ2) is 6.23. The van der Waals surface area contributed by atoms with Crippen LogP contribution in [0.1, 0.15) is 12.5 Å². The Kier molecular flexibility index (Phi) is 5.02. The molecule has 0 spiro atoms. The number of thiophene rings is 1. The van der Waals surface area contributed by atoms with Gasteiger partial charge >= 0.3 is 0 Å². The monoisotopic (exact) mass is 413 g/mol. The van der Waals surface area contributed by atoms with Crippen LogP contribution in [-0.4, -0.2) is 8.42 Å². The van der Waals surface area contributed by atoms with Gasteiger partial charge < -0.3 is 0 Å². The Morgan fingerprint density at radius 2 is 2.00 bits per heavy atom. The Morgan fingerprint density at radius 3 is 2.55 bits per heavy atom. The highest BCUT2D eigenvalue weighted by Crippen LogP contribution is 2.35. The third kappa shape index (κ3) is 3.49. The quantitative estimate of drug-likeness (QED) is 0.748. The molecule has 0 fully saturated rings. The van der Waals surface area contributed by atoms with Crippen molar-refractivity contribution in [1.29, 1.82) is 0 Å². The van der Waals surface area contributed by atoms with Crippen LogP contribution in [0.25, 0.3) is 0 Å². The second-order valence-corrected chi connectivity index (χ2v) is 8.80. The molecule has 108 valence electrons. The van der Waals surface area contributed by atoms with Crippen molar-refractivity contribution in [3.05, 3.63) is 43.0 Å². The average molecular weight is 415 g/mol. The van der Waals surface area contributed by atoms with Gasteiger partial charge in [-0.15, -0.1) is 11.3 Å². The lowest BCUT2D eigenvalue weighted by molar-refractivity contribution is 0.601. The van der Waals surface area contributed by atoms with Gasteiger partial charge in [0.15, 0.2) is 0 Å². The van der Waals surface area contributed by atoms with Crippen LogP contribution < -0.4 is 4.72 Å². The highest BCUT2D eigenvalue weighted by Gasteiger charge is 2.22. The van der Waals surface area contributed by atoms with Crippen LogP contribution >= 0.6 is 50.5 Å². The molecule has 8 heteroatoms. The molecule has 0 bridgehead atoms. The Bertz CT molecular complexity index is 744. The summed E-state index contributed by atoms with van der Waals surface area (Å²) in [5, 5.41) is 0. The van der Waals surface area contributed by atoms with Gasteiger partial charge in [-0.3, -0.25) is 4.72 Å². The van der Waals surface area contributed by atoms with Crippen LogP contribution in [0.5, 0.6) is 0 Å². The maximum absolute atomic E-state index is 12.3. The Balaban J connectivity index is 2.41. The zero-order chi connectivity index (χ0) is 14.9. The minimum Gasteiger partial charge on any atom is -0.279 e. The van der Waals surface area contributed by atoms with E-state index in [2.05, 4.69) is 20.7 Å². The van der Waals surface area contributed by atoms with Crippen molar-refractivity contribution in [3.63, 3.8) is 0 Å². The van der Waals surface area contributed by atoms with Crippen LogP contribution in [0.3, 0.4) is 0 Å². The van der Waals surface area contributed by atoms with Gasteiger partial charge in [0.25, 0.3) is 10.0 Å². The maximum Gasteiger partial charge on any atom is 0.264 e. The molecule has 3 nitrogen and oxygen atoms in total. The minimum absolute atomic E-state index is 0.000798. The zero-order valence-electron chi connectivity index (χ0n) is 10.3. The fourth-order valence-electron chi connectivity index (χ4n) is 1.66. The minimum atomic E-state index is -3.74. The summed E-state index contributed by atoms with van der Waals surface area (Å²) in [4.78, 5) is -0.000798. The number of sulfonamides is 1. The largest absolute Gasteiger partial charge is 0.279 e. The predicted octanol–water partition coefficient (Wildman–Crippen LogP) is 5.18. The van der Waals surface area contributed by atoms with Crippen molar-refractivity contribution in [2.24, 2.45) is 0 Å². The van der Waals surface area contributed by atoms with Crippen LogP contribution in [0.4, 0.5) is 5.69 Å². The molecule has 0 saturated carbocycles. The fourth-order valence-corrected chi connectivity index (χ4v) is 5.32. The highest BCUT2D eigenvalue weighted by molar-refractivity contribution is 9.10. The topological polar surface area (TPSA) is 46.2 Å². The summed E-state index contributed by atoms with van der Waals surface area (Å²) >= 11 is 16.1. The summed E-state index contributed by atoms with van der Waals surface area (Å²) in [6.45, 7) is 1.95. The first kappa shape index (κ1) is 16.1. The second-order valence-electron chi connectivity index (χ2n) is 3.95. The molecule has 1 N–H and O–H groups in total. The molecule has 0 aliphatic carbocycles. The Labute approximate surface area is 140 Å². The number of nitrogens with one attached hydrogen (secondary N) is 1. The number of hydrogen-bond donors (Lipinski definition) is 1. The average Bonchev–Trinajstić information content (AvgIpc) is 2.71. The first-order valence-electron chi connectivity index (χ1n) is 5.59. The summed E-state index contributed by atoms with van der Waals surface area (Å²) in [5.41, 5.74) is 1.43. The van der Waals surface area contributed by atoms with Gasteiger partial charge in [-0.1, -0.05) is 46.1 Å². The lowest BCUT2D eigenvalue weighted by atomic mass is 10.1. The Morgan fingerprint density at radius 1 is 1.30 bits per heavy atom. The van der Waals surface area contributed by atoms with Gasteiger partial charge in [0.05, 0.1) is 10.0 Å². The van der Waals surface area contributed by atoms with E-state index in [0.29, 0.717) is 16.4 Å². The smallest absolute Gasteiger partial charge is 0.264 e. The molecule has 20 heavy (non-hydrogen) atoms. The lowest BCUT2D eigenvalue weighted by Gasteiger charge is -2.11. The first-order chi connectivity index (χ1) is 9.33. The van der Waals surface area contributed by atoms with Crippen molar-refractivity contribution < 1.29 is 8.42 Å². The van der Waals surface area contributed by atoms with Crippen LogP contribution in [0.15, 0.2) is 33.6 Å². The number of halogens is 3. The predicted molar refractivity (Wildman–Crippen MR) is 88.7 cm³/mol. The van der Waals surface area contributed by atoms with Gasteiger partial charge in [-0.2, -0.15) is 0 Å². The molecule has 1 aromatic heterocycles. The molecule has 0 aliphatic rings. The van der Waals surface area contributed by atoms with Crippen LogP contribution in [-0.2, 0) is 16.4 Å². The fraction of sp³-hybridized carbons (Fsp3) is 0.167. The SMILES string of the molecule is CCc1cc(Br)ccc1NS(=O)(=O)c1cc(Cl)sc1Cl. The highest BCUT2D eigenvalue weighted by atomic mass is 79.9.